The lowest BCUT2D eigenvalue weighted by molar-refractivity contribution is 0.584. The number of nitrogens with one attached hydrogen (secondary N) is 1. The lowest BCUT2D eigenvalue weighted by atomic mass is 10.2. The van der Waals surface area contributed by atoms with E-state index in [1.807, 2.05) is 30.3 Å². The highest BCUT2D eigenvalue weighted by Gasteiger charge is 2.09. The molecular weight excluding hydrogens is 385 g/mol. The van der Waals surface area contributed by atoms with Crippen LogP contribution < -0.4 is 15.9 Å². The molecule has 8 heteroatoms. The number of aromatic nitrogens is 3. The maximum Gasteiger partial charge on any atom is 0.350 e. The normalized spacial score (nSPS) is 14.1. The molecule has 1 N–H and O–H groups in total. The minimum Gasteiger partial charge on any atom is -0.369 e. The SMILES string of the molecule is Clc1cccc(N2CCNCC2)c1.O=c1n(CCCCl)nc2ccccn12. The molecule has 1 fully saturated rings. The van der Waals surface area contributed by atoms with Crippen LogP contribution in [0.1, 0.15) is 6.42 Å². The van der Waals surface area contributed by atoms with Crippen molar-refractivity contribution in [2.24, 2.45) is 0 Å². The summed E-state index contributed by atoms with van der Waals surface area (Å²) in [5, 5.41) is 8.30. The van der Waals surface area contributed by atoms with Crippen LogP contribution >= 0.6 is 23.2 Å². The quantitative estimate of drug-likeness (QED) is 0.675. The first kappa shape index (κ1) is 19.7. The van der Waals surface area contributed by atoms with Crippen molar-refractivity contribution in [1.82, 2.24) is 19.5 Å². The van der Waals surface area contributed by atoms with E-state index < -0.39 is 0 Å². The van der Waals surface area contributed by atoms with Crippen molar-refractivity contribution in [1.29, 1.82) is 0 Å². The number of anilines is 1. The highest BCUT2D eigenvalue weighted by atomic mass is 35.5. The van der Waals surface area contributed by atoms with Gasteiger partial charge in [0.15, 0.2) is 5.65 Å². The molecule has 3 aromatic rings. The number of benzene rings is 1. The summed E-state index contributed by atoms with van der Waals surface area (Å²) >= 11 is 11.5. The lowest BCUT2D eigenvalue weighted by Gasteiger charge is -2.29. The Hall–Kier alpha value is -2.02. The van der Waals surface area contributed by atoms with Gasteiger partial charge < -0.3 is 10.2 Å². The fraction of sp³-hybridized carbons (Fsp3) is 0.368. The molecule has 0 unspecified atom stereocenters. The Bertz CT molecular complexity index is 918. The lowest BCUT2D eigenvalue weighted by Crippen LogP contribution is -2.43. The number of piperazine rings is 1. The molecule has 0 atom stereocenters. The zero-order valence-electron chi connectivity index (χ0n) is 15.0. The van der Waals surface area contributed by atoms with Gasteiger partial charge in [-0.2, -0.15) is 0 Å². The minimum atomic E-state index is -0.106. The summed E-state index contributed by atoms with van der Waals surface area (Å²) in [6.45, 7) is 4.84. The maximum atomic E-state index is 11.7. The van der Waals surface area contributed by atoms with Gasteiger partial charge in [0.25, 0.3) is 0 Å². The Morgan fingerprint density at radius 1 is 1.11 bits per heavy atom. The molecule has 1 saturated heterocycles. The summed E-state index contributed by atoms with van der Waals surface area (Å²) in [6.07, 6.45) is 2.47. The smallest absolute Gasteiger partial charge is 0.350 e. The minimum absolute atomic E-state index is 0.106. The first-order valence-corrected chi connectivity index (χ1v) is 9.91. The first-order valence-electron chi connectivity index (χ1n) is 9.00. The third-order valence-electron chi connectivity index (χ3n) is 4.28. The molecule has 0 radical (unpaired) electrons. The molecule has 144 valence electrons. The predicted octanol–water partition coefficient (Wildman–Crippen LogP) is 2.87. The summed E-state index contributed by atoms with van der Waals surface area (Å²) in [4.78, 5) is 14.0. The van der Waals surface area contributed by atoms with E-state index in [2.05, 4.69) is 21.4 Å². The Labute approximate surface area is 168 Å². The number of hydrogen-bond donors (Lipinski definition) is 1. The van der Waals surface area contributed by atoms with Crippen LogP contribution in [-0.4, -0.2) is 46.2 Å². The van der Waals surface area contributed by atoms with Gasteiger partial charge in [0, 0.05) is 55.5 Å². The molecule has 0 spiro atoms. The number of alkyl halides is 1. The van der Waals surface area contributed by atoms with Gasteiger partial charge >= 0.3 is 5.69 Å². The summed E-state index contributed by atoms with van der Waals surface area (Å²) in [5.74, 6) is 0.542. The molecule has 6 nitrogen and oxygen atoms in total. The Kier molecular flexibility index (Phi) is 7.15. The third kappa shape index (κ3) is 5.25. The van der Waals surface area contributed by atoms with Crippen molar-refractivity contribution in [3.8, 4) is 0 Å². The number of hydrogen-bond acceptors (Lipinski definition) is 4. The van der Waals surface area contributed by atoms with E-state index in [4.69, 9.17) is 23.2 Å². The average molecular weight is 408 g/mol. The van der Waals surface area contributed by atoms with Gasteiger partial charge in [-0.1, -0.05) is 23.7 Å². The molecular formula is C19H23Cl2N5O. The van der Waals surface area contributed by atoms with Crippen LogP contribution in [0, 0.1) is 0 Å². The molecule has 2 aromatic heterocycles. The second-order valence-corrected chi connectivity index (χ2v) is 7.01. The summed E-state index contributed by atoms with van der Waals surface area (Å²) in [7, 11) is 0. The van der Waals surface area contributed by atoms with Gasteiger partial charge in [0.1, 0.15) is 0 Å². The van der Waals surface area contributed by atoms with Crippen LogP contribution in [0.25, 0.3) is 5.65 Å². The molecule has 4 rings (SSSR count). The van der Waals surface area contributed by atoms with E-state index in [1.54, 1.807) is 12.3 Å². The number of nitrogens with zero attached hydrogens (tertiary/aromatic N) is 4. The van der Waals surface area contributed by atoms with E-state index in [0.29, 0.717) is 18.1 Å². The zero-order valence-corrected chi connectivity index (χ0v) is 16.5. The van der Waals surface area contributed by atoms with E-state index in [1.165, 1.54) is 14.8 Å². The van der Waals surface area contributed by atoms with Crippen molar-refractivity contribution >= 4 is 34.5 Å². The van der Waals surface area contributed by atoms with E-state index in [-0.39, 0.29) is 5.69 Å². The van der Waals surface area contributed by atoms with Crippen LogP contribution in [0.2, 0.25) is 5.02 Å². The van der Waals surface area contributed by atoms with Gasteiger partial charge in [-0.25, -0.2) is 9.48 Å². The summed E-state index contributed by atoms with van der Waals surface area (Å²) < 4.78 is 2.96. The van der Waals surface area contributed by atoms with Crippen molar-refractivity contribution in [3.63, 3.8) is 0 Å². The molecule has 0 amide bonds. The van der Waals surface area contributed by atoms with Crippen molar-refractivity contribution in [3.05, 3.63) is 64.2 Å². The van der Waals surface area contributed by atoms with Crippen LogP contribution in [-0.2, 0) is 6.54 Å². The van der Waals surface area contributed by atoms with E-state index >= 15 is 0 Å². The van der Waals surface area contributed by atoms with Gasteiger partial charge in [0.2, 0.25) is 0 Å². The number of halogens is 2. The third-order valence-corrected chi connectivity index (χ3v) is 4.78. The van der Waals surface area contributed by atoms with E-state index in [9.17, 15) is 4.79 Å². The Morgan fingerprint density at radius 3 is 2.63 bits per heavy atom. The number of rotatable bonds is 4. The molecule has 0 bridgehead atoms. The van der Waals surface area contributed by atoms with Crippen LogP contribution in [0.3, 0.4) is 0 Å². The fourth-order valence-electron chi connectivity index (χ4n) is 2.92. The zero-order chi connectivity index (χ0) is 19.1. The topological polar surface area (TPSA) is 54.6 Å². The molecule has 1 aliphatic heterocycles. The Morgan fingerprint density at radius 2 is 1.93 bits per heavy atom. The van der Waals surface area contributed by atoms with Crippen molar-refractivity contribution in [2.75, 3.05) is 37.0 Å². The molecule has 0 saturated carbocycles. The van der Waals surface area contributed by atoms with Crippen LogP contribution in [0.15, 0.2) is 53.5 Å². The molecule has 0 aliphatic carbocycles. The van der Waals surface area contributed by atoms with Crippen molar-refractivity contribution < 1.29 is 0 Å². The second kappa shape index (κ2) is 9.78. The molecule has 3 heterocycles. The van der Waals surface area contributed by atoms with Crippen molar-refractivity contribution in [2.45, 2.75) is 13.0 Å². The standard InChI is InChI=1S/C10H13ClN2.C9H10ClN3O/c11-9-2-1-3-10(8-9)13-6-4-12-5-7-13;10-5-3-7-13-9(14)12-6-2-1-4-8(12)11-13/h1-3,8,12H,4-7H2;1-2,4,6H,3,5,7H2. The second-order valence-electron chi connectivity index (χ2n) is 6.19. The summed E-state index contributed by atoms with van der Waals surface area (Å²) in [5.41, 5.74) is 1.80. The highest BCUT2D eigenvalue weighted by Crippen LogP contribution is 2.19. The predicted molar refractivity (Wildman–Crippen MR) is 111 cm³/mol. The van der Waals surface area contributed by atoms with Crippen LogP contribution in [0.4, 0.5) is 5.69 Å². The van der Waals surface area contributed by atoms with Crippen LogP contribution in [0.5, 0.6) is 0 Å². The van der Waals surface area contributed by atoms with Gasteiger partial charge in [-0.05, 0) is 36.8 Å². The fourth-order valence-corrected chi connectivity index (χ4v) is 3.22. The number of fused-ring (bicyclic) bond motifs is 1. The molecule has 1 aliphatic rings. The number of aryl methyl sites for hydroxylation is 1. The largest absolute Gasteiger partial charge is 0.369 e. The molecule has 1 aromatic carbocycles. The first-order chi connectivity index (χ1) is 13.2. The highest BCUT2D eigenvalue weighted by molar-refractivity contribution is 6.30. The van der Waals surface area contributed by atoms with Gasteiger partial charge in [-0.15, -0.1) is 16.7 Å². The van der Waals surface area contributed by atoms with E-state index in [0.717, 1.165) is 37.6 Å². The maximum absolute atomic E-state index is 11.7. The van der Waals surface area contributed by atoms with Gasteiger partial charge in [0.05, 0.1) is 0 Å². The summed E-state index contributed by atoms with van der Waals surface area (Å²) in [6, 6.07) is 13.5. The van der Waals surface area contributed by atoms with Gasteiger partial charge in [-0.3, -0.25) is 4.40 Å². The number of pyridine rings is 1. The molecule has 27 heavy (non-hydrogen) atoms. The Balaban J connectivity index is 0.000000156. The monoisotopic (exact) mass is 407 g/mol. The average Bonchev–Trinajstić information content (AvgIpc) is 3.03.